The predicted octanol–water partition coefficient (Wildman–Crippen LogP) is 2.47. The molecule has 0 aliphatic carbocycles. The average molecular weight is 368 g/mol. The Bertz CT molecular complexity index is 885. The lowest BCUT2D eigenvalue weighted by molar-refractivity contribution is 0.0954. The summed E-state index contributed by atoms with van der Waals surface area (Å²) in [7, 11) is -3.54. The number of nitrogens with zero attached hydrogens (tertiary/aromatic N) is 1. The second kappa shape index (κ2) is 7.60. The Labute approximate surface area is 145 Å². The number of benzene rings is 2. The van der Waals surface area contributed by atoms with Crippen molar-refractivity contribution in [3.8, 4) is 0 Å². The molecule has 0 aliphatic heterocycles. The molecule has 0 radical (unpaired) electrons. The third-order valence-corrected chi connectivity index (χ3v) is 4.67. The lowest BCUT2D eigenvalue weighted by atomic mass is 10.2. The molecule has 0 saturated heterocycles. The zero-order valence-corrected chi connectivity index (χ0v) is 14.6. The van der Waals surface area contributed by atoms with Crippen LogP contribution < -0.4 is 9.62 Å². The highest BCUT2D eigenvalue weighted by molar-refractivity contribution is 7.92. The first-order chi connectivity index (χ1) is 11.7. The molecular weight excluding hydrogens is 350 g/mol. The summed E-state index contributed by atoms with van der Waals surface area (Å²) >= 11 is 0. The second-order valence-corrected chi connectivity index (χ2v) is 7.47. The van der Waals surface area contributed by atoms with Crippen molar-refractivity contribution >= 4 is 21.6 Å². The van der Waals surface area contributed by atoms with E-state index in [-0.39, 0.29) is 18.7 Å². The van der Waals surface area contributed by atoms with E-state index in [1.807, 2.05) is 13.0 Å². The molecule has 2 aromatic rings. The van der Waals surface area contributed by atoms with Crippen LogP contribution in [0.1, 0.15) is 15.9 Å². The highest BCUT2D eigenvalue weighted by Crippen LogP contribution is 2.18. The minimum atomic E-state index is -3.54. The Morgan fingerprint density at radius 2 is 1.84 bits per heavy atom. The largest absolute Gasteiger partial charge is 0.350 e. The molecule has 0 spiro atoms. The van der Waals surface area contributed by atoms with Crippen LogP contribution >= 0.6 is 0 Å². The summed E-state index contributed by atoms with van der Waals surface area (Å²) in [5.74, 6) is -2.78. The maximum absolute atomic E-state index is 13.2. The van der Waals surface area contributed by atoms with Gasteiger partial charge in [-0.1, -0.05) is 12.1 Å². The number of nitrogens with one attached hydrogen (secondary N) is 1. The van der Waals surface area contributed by atoms with Gasteiger partial charge in [0, 0.05) is 12.1 Å². The van der Waals surface area contributed by atoms with Gasteiger partial charge in [0.15, 0.2) is 11.6 Å². The summed E-state index contributed by atoms with van der Waals surface area (Å²) in [6.07, 6.45) is 1.08. The molecule has 0 aromatic heterocycles. The number of halogens is 2. The highest BCUT2D eigenvalue weighted by atomic mass is 32.2. The van der Waals surface area contributed by atoms with Crippen LogP contribution in [0.5, 0.6) is 0 Å². The van der Waals surface area contributed by atoms with Crippen molar-refractivity contribution in [2.75, 3.05) is 23.7 Å². The normalized spacial score (nSPS) is 11.2. The molecule has 5 nitrogen and oxygen atoms in total. The van der Waals surface area contributed by atoms with Gasteiger partial charge in [0.25, 0.3) is 5.91 Å². The SMILES string of the molecule is Cc1cccc(N(CCNC(=O)c2ccc(F)c(F)c2)S(C)(=O)=O)c1. The van der Waals surface area contributed by atoms with Crippen LogP contribution in [0.25, 0.3) is 0 Å². The summed E-state index contributed by atoms with van der Waals surface area (Å²) in [4.78, 5) is 12.0. The van der Waals surface area contributed by atoms with Gasteiger partial charge in [0.05, 0.1) is 18.5 Å². The molecule has 2 rings (SSSR count). The highest BCUT2D eigenvalue weighted by Gasteiger charge is 2.18. The van der Waals surface area contributed by atoms with Crippen LogP contribution in [0, 0.1) is 18.6 Å². The summed E-state index contributed by atoms with van der Waals surface area (Å²) in [6, 6.07) is 9.77. The van der Waals surface area contributed by atoms with Gasteiger partial charge in [-0.3, -0.25) is 9.10 Å². The standard InChI is InChI=1S/C17H18F2N2O3S/c1-12-4-3-5-14(10-12)21(25(2,23)24)9-8-20-17(22)13-6-7-15(18)16(19)11-13/h3-7,10-11H,8-9H2,1-2H3,(H,20,22). The molecule has 2 aromatic carbocycles. The van der Waals surface area contributed by atoms with Gasteiger partial charge in [-0.2, -0.15) is 0 Å². The molecule has 0 atom stereocenters. The molecule has 1 N–H and O–H groups in total. The quantitative estimate of drug-likeness (QED) is 0.852. The van der Waals surface area contributed by atoms with Crippen molar-refractivity contribution in [2.24, 2.45) is 0 Å². The van der Waals surface area contributed by atoms with Crippen molar-refractivity contribution < 1.29 is 22.0 Å². The van der Waals surface area contributed by atoms with E-state index >= 15 is 0 Å². The Morgan fingerprint density at radius 3 is 2.44 bits per heavy atom. The van der Waals surface area contributed by atoms with E-state index in [2.05, 4.69) is 5.32 Å². The zero-order valence-electron chi connectivity index (χ0n) is 13.8. The van der Waals surface area contributed by atoms with Crippen molar-refractivity contribution in [1.29, 1.82) is 0 Å². The van der Waals surface area contributed by atoms with Crippen molar-refractivity contribution in [3.05, 3.63) is 65.2 Å². The first-order valence-electron chi connectivity index (χ1n) is 7.46. The molecular formula is C17H18F2N2O3S. The number of sulfonamides is 1. The van der Waals surface area contributed by atoms with Crippen LogP contribution in [0.4, 0.5) is 14.5 Å². The fourth-order valence-electron chi connectivity index (χ4n) is 2.28. The molecule has 0 unspecified atom stereocenters. The van der Waals surface area contributed by atoms with Crippen LogP contribution in [0.15, 0.2) is 42.5 Å². The maximum Gasteiger partial charge on any atom is 0.251 e. The number of aryl methyl sites for hydroxylation is 1. The Hall–Kier alpha value is -2.48. The number of carbonyl (C=O) groups is 1. The molecule has 0 fully saturated rings. The number of anilines is 1. The van der Waals surface area contributed by atoms with Crippen molar-refractivity contribution in [2.45, 2.75) is 6.92 Å². The van der Waals surface area contributed by atoms with Gasteiger partial charge in [0.2, 0.25) is 10.0 Å². The number of carbonyl (C=O) groups excluding carboxylic acids is 1. The summed E-state index contributed by atoms with van der Waals surface area (Å²) in [5.41, 5.74) is 1.35. The first-order valence-corrected chi connectivity index (χ1v) is 9.31. The minimum Gasteiger partial charge on any atom is -0.350 e. The van der Waals surface area contributed by atoms with E-state index in [0.717, 1.165) is 30.0 Å². The average Bonchev–Trinajstić information content (AvgIpc) is 2.52. The molecule has 1 amide bonds. The van der Waals surface area contributed by atoms with E-state index in [0.29, 0.717) is 5.69 Å². The molecule has 0 bridgehead atoms. The number of rotatable bonds is 6. The van der Waals surface area contributed by atoms with Gasteiger partial charge in [-0.15, -0.1) is 0 Å². The van der Waals surface area contributed by atoms with Crippen molar-refractivity contribution in [1.82, 2.24) is 5.32 Å². The molecule has 0 saturated carbocycles. The van der Waals surface area contributed by atoms with Crippen LogP contribution in [0.2, 0.25) is 0 Å². The van der Waals surface area contributed by atoms with Gasteiger partial charge < -0.3 is 5.32 Å². The lowest BCUT2D eigenvalue weighted by Gasteiger charge is -2.23. The van der Waals surface area contributed by atoms with Gasteiger partial charge in [0.1, 0.15) is 0 Å². The second-order valence-electron chi connectivity index (χ2n) is 5.56. The van der Waals surface area contributed by atoms with Gasteiger partial charge in [-0.25, -0.2) is 17.2 Å². The number of amides is 1. The van der Waals surface area contributed by atoms with Crippen LogP contribution in [-0.4, -0.2) is 33.7 Å². The fourth-order valence-corrected chi connectivity index (χ4v) is 3.20. The third-order valence-electron chi connectivity index (χ3n) is 3.47. The zero-order chi connectivity index (χ0) is 18.6. The Morgan fingerprint density at radius 1 is 1.12 bits per heavy atom. The summed E-state index contributed by atoms with van der Waals surface area (Å²) < 4.78 is 51.2. The Kier molecular flexibility index (Phi) is 5.73. The minimum absolute atomic E-state index is 0.0116. The molecule has 0 heterocycles. The number of hydrogen-bond acceptors (Lipinski definition) is 3. The monoisotopic (exact) mass is 368 g/mol. The fraction of sp³-hybridized carbons (Fsp3) is 0.235. The van der Waals surface area contributed by atoms with E-state index in [9.17, 15) is 22.0 Å². The van der Waals surface area contributed by atoms with Crippen molar-refractivity contribution in [3.63, 3.8) is 0 Å². The van der Waals surface area contributed by atoms with E-state index in [1.165, 1.54) is 4.31 Å². The molecule has 134 valence electrons. The third kappa shape index (κ3) is 4.99. The first kappa shape index (κ1) is 18.9. The molecule has 25 heavy (non-hydrogen) atoms. The number of hydrogen-bond donors (Lipinski definition) is 1. The predicted molar refractivity (Wildman–Crippen MR) is 92.1 cm³/mol. The summed E-state index contributed by atoms with van der Waals surface area (Å²) in [6.45, 7) is 1.87. The van der Waals surface area contributed by atoms with Gasteiger partial charge in [-0.05, 0) is 42.8 Å². The smallest absolute Gasteiger partial charge is 0.251 e. The Balaban J connectivity index is 2.06. The molecule has 0 aliphatic rings. The van der Waals surface area contributed by atoms with E-state index < -0.39 is 27.6 Å². The van der Waals surface area contributed by atoms with Crippen LogP contribution in [-0.2, 0) is 10.0 Å². The van der Waals surface area contributed by atoms with E-state index in [1.54, 1.807) is 18.2 Å². The topological polar surface area (TPSA) is 66.5 Å². The summed E-state index contributed by atoms with van der Waals surface area (Å²) in [5, 5.41) is 2.50. The lowest BCUT2D eigenvalue weighted by Crippen LogP contribution is -2.38. The van der Waals surface area contributed by atoms with Gasteiger partial charge >= 0.3 is 0 Å². The van der Waals surface area contributed by atoms with Crippen LogP contribution in [0.3, 0.4) is 0 Å². The molecule has 8 heteroatoms. The maximum atomic E-state index is 13.2. The van der Waals surface area contributed by atoms with E-state index in [4.69, 9.17) is 0 Å².